The molecule has 0 fully saturated rings. The van der Waals surface area contributed by atoms with Crippen molar-refractivity contribution in [1.82, 2.24) is 9.80 Å². The summed E-state index contributed by atoms with van der Waals surface area (Å²) >= 11 is 0. The van der Waals surface area contributed by atoms with Gasteiger partial charge in [0.2, 0.25) is 5.91 Å². The third-order valence-electron chi connectivity index (χ3n) is 4.67. The number of aryl methyl sites for hydroxylation is 1. The summed E-state index contributed by atoms with van der Waals surface area (Å²) in [6.07, 6.45) is 5.58. The molecule has 5 nitrogen and oxygen atoms in total. The second-order valence-electron chi connectivity index (χ2n) is 6.63. The molecule has 1 aromatic rings. The van der Waals surface area contributed by atoms with Crippen LogP contribution in [0.25, 0.3) is 6.08 Å². The first-order valence-electron chi connectivity index (χ1n) is 9.83. The molecule has 1 amide bonds. The number of hydrogen-bond acceptors (Lipinski definition) is 4. The van der Waals surface area contributed by atoms with Crippen molar-refractivity contribution in [2.75, 3.05) is 39.8 Å². The van der Waals surface area contributed by atoms with Crippen LogP contribution in [0.3, 0.4) is 0 Å². The van der Waals surface area contributed by atoms with Gasteiger partial charge < -0.3 is 14.5 Å². The number of esters is 1. The number of amides is 1. The van der Waals surface area contributed by atoms with Crippen LogP contribution in [0.4, 0.5) is 0 Å². The average Bonchev–Trinajstić information content (AvgIpc) is 2.69. The molecular formula is C22H34N2O3. The smallest absolute Gasteiger partial charge is 0.307 e. The van der Waals surface area contributed by atoms with Crippen LogP contribution in [-0.4, -0.2) is 61.5 Å². The number of methoxy groups -OCH3 is 1. The summed E-state index contributed by atoms with van der Waals surface area (Å²) in [6, 6.07) is 8.02. The van der Waals surface area contributed by atoms with Crippen LogP contribution < -0.4 is 0 Å². The zero-order valence-corrected chi connectivity index (χ0v) is 17.2. The second kappa shape index (κ2) is 13.1. The number of hydrogen-bond donors (Lipinski definition) is 0. The highest BCUT2D eigenvalue weighted by Crippen LogP contribution is 2.07. The van der Waals surface area contributed by atoms with Crippen molar-refractivity contribution in [3.8, 4) is 0 Å². The summed E-state index contributed by atoms with van der Waals surface area (Å²) in [5.41, 5.74) is 2.18. The van der Waals surface area contributed by atoms with E-state index in [9.17, 15) is 9.59 Å². The zero-order valence-electron chi connectivity index (χ0n) is 17.2. The molecule has 0 aromatic heterocycles. The molecule has 1 aromatic carbocycles. The van der Waals surface area contributed by atoms with Gasteiger partial charge in [0.05, 0.1) is 13.5 Å². The Kier molecular flexibility index (Phi) is 11.1. The Morgan fingerprint density at radius 2 is 1.63 bits per heavy atom. The minimum atomic E-state index is -0.293. The van der Waals surface area contributed by atoms with E-state index in [1.54, 1.807) is 11.0 Å². The molecule has 0 radical (unpaired) electrons. The first kappa shape index (κ1) is 22.9. The zero-order chi connectivity index (χ0) is 20.1. The fraction of sp³-hybridized carbons (Fsp3) is 0.545. The van der Waals surface area contributed by atoms with Crippen molar-refractivity contribution < 1.29 is 14.3 Å². The summed E-state index contributed by atoms with van der Waals surface area (Å²) in [5, 5.41) is 0. The third kappa shape index (κ3) is 9.38. The Balaban J connectivity index is 2.61. The number of unbranched alkanes of at least 4 members (excludes halogenated alkanes) is 1. The van der Waals surface area contributed by atoms with Gasteiger partial charge in [-0.15, -0.1) is 0 Å². The standard InChI is InChI=1S/C22H34N2O3/c1-5-23(6-2)16-7-8-17-24(18-15-22(26)27-4)21(25)14-13-20-11-9-19(3)10-12-20/h9-14H,5-8,15-18H2,1-4H3/b14-13+. The van der Waals surface area contributed by atoms with Crippen LogP contribution >= 0.6 is 0 Å². The van der Waals surface area contributed by atoms with Crippen LogP contribution in [0, 0.1) is 6.92 Å². The number of nitrogens with zero attached hydrogens (tertiary/aromatic N) is 2. The summed E-state index contributed by atoms with van der Waals surface area (Å²) in [7, 11) is 1.37. The Hall–Kier alpha value is -2.14. The predicted molar refractivity (Wildman–Crippen MR) is 110 cm³/mol. The molecule has 0 saturated carbocycles. The van der Waals surface area contributed by atoms with Crippen LogP contribution in [0.15, 0.2) is 30.3 Å². The number of rotatable bonds is 12. The lowest BCUT2D eigenvalue weighted by atomic mass is 10.1. The molecule has 0 heterocycles. The van der Waals surface area contributed by atoms with Gasteiger partial charge in [-0.25, -0.2) is 0 Å². The van der Waals surface area contributed by atoms with E-state index in [2.05, 4.69) is 18.7 Å². The van der Waals surface area contributed by atoms with Gasteiger partial charge in [0.15, 0.2) is 0 Å². The van der Waals surface area contributed by atoms with E-state index in [1.807, 2.05) is 37.3 Å². The Bertz CT molecular complexity index is 592. The molecule has 150 valence electrons. The maximum Gasteiger partial charge on any atom is 0.307 e. The second-order valence-corrected chi connectivity index (χ2v) is 6.63. The lowest BCUT2D eigenvalue weighted by molar-refractivity contribution is -0.141. The number of carbonyl (C=O) groups is 2. The number of benzene rings is 1. The van der Waals surface area contributed by atoms with Crippen molar-refractivity contribution in [2.45, 2.75) is 40.0 Å². The lowest BCUT2D eigenvalue weighted by Gasteiger charge is -2.22. The van der Waals surface area contributed by atoms with Gasteiger partial charge in [-0.05, 0) is 51.0 Å². The van der Waals surface area contributed by atoms with E-state index in [0.717, 1.165) is 38.0 Å². The monoisotopic (exact) mass is 374 g/mol. The average molecular weight is 375 g/mol. The summed E-state index contributed by atoms with van der Waals surface area (Å²) in [6.45, 7) is 10.5. The van der Waals surface area contributed by atoms with Gasteiger partial charge in [0, 0.05) is 19.2 Å². The van der Waals surface area contributed by atoms with E-state index >= 15 is 0 Å². The van der Waals surface area contributed by atoms with E-state index in [4.69, 9.17) is 4.74 Å². The molecule has 0 aliphatic heterocycles. The molecule has 0 spiro atoms. The number of ether oxygens (including phenoxy) is 1. The first-order valence-corrected chi connectivity index (χ1v) is 9.83. The third-order valence-corrected chi connectivity index (χ3v) is 4.67. The van der Waals surface area contributed by atoms with Gasteiger partial charge in [-0.2, -0.15) is 0 Å². The predicted octanol–water partition coefficient (Wildman–Crippen LogP) is 3.52. The molecule has 0 N–H and O–H groups in total. The minimum Gasteiger partial charge on any atom is -0.469 e. The Labute approximate surface area is 164 Å². The minimum absolute atomic E-state index is 0.0673. The highest BCUT2D eigenvalue weighted by molar-refractivity contribution is 5.92. The SMILES string of the molecule is CCN(CC)CCCCN(CCC(=O)OC)C(=O)/C=C/c1ccc(C)cc1. The topological polar surface area (TPSA) is 49.9 Å². The van der Waals surface area contributed by atoms with E-state index in [1.165, 1.54) is 12.7 Å². The van der Waals surface area contributed by atoms with Crippen molar-refractivity contribution >= 4 is 18.0 Å². The molecule has 0 unspecified atom stereocenters. The summed E-state index contributed by atoms with van der Waals surface area (Å²) in [4.78, 5) is 28.2. The molecule has 0 aliphatic carbocycles. The van der Waals surface area contributed by atoms with Crippen molar-refractivity contribution in [1.29, 1.82) is 0 Å². The van der Waals surface area contributed by atoms with Gasteiger partial charge in [0.1, 0.15) is 0 Å². The molecule has 0 atom stereocenters. The highest BCUT2D eigenvalue weighted by atomic mass is 16.5. The molecule has 1 rings (SSSR count). The Morgan fingerprint density at radius 3 is 2.22 bits per heavy atom. The maximum absolute atomic E-state index is 12.6. The normalized spacial score (nSPS) is 11.1. The quantitative estimate of drug-likeness (QED) is 0.319. The van der Waals surface area contributed by atoms with Gasteiger partial charge in [0.25, 0.3) is 0 Å². The van der Waals surface area contributed by atoms with Crippen molar-refractivity contribution in [3.63, 3.8) is 0 Å². The fourth-order valence-electron chi connectivity index (χ4n) is 2.79. The summed E-state index contributed by atoms with van der Waals surface area (Å²) in [5.74, 6) is -0.360. The van der Waals surface area contributed by atoms with Gasteiger partial charge in [-0.3, -0.25) is 9.59 Å². The van der Waals surface area contributed by atoms with Crippen LogP contribution in [-0.2, 0) is 14.3 Å². The molecule has 0 aliphatic rings. The van der Waals surface area contributed by atoms with Gasteiger partial charge in [-0.1, -0.05) is 43.7 Å². The molecular weight excluding hydrogens is 340 g/mol. The van der Waals surface area contributed by atoms with E-state index in [-0.39, 0.29) is 18.3 Å². The van der Waals surface area contributed by atoms with E-state index in [0.29, 0.717) is 13.1 Å². The van der Waals surface area contributed by atoms with Crippen LogP contribution in [0.2, 0.25) is 0 Å². The highest BCUT2D eigenvalue weighted by Gasteiger charge is 2.13. The van der Waals surface area contributed by atoms with E-state index < -0.39 is 0 Å². The first-order chi connectivity index (χ1) is 13.0. The largest absolute Gasteiger partial charge is 0.469 e. The van der Waals surface area contributed by atoms with Crippen LogP contribution in [0.5, 0.6) is 0 Å². The van der Waals surface area contributed by atoms with Crippen molar-refractivity contribution in [3.05, 3.63) is 41.5 Å². The lowest BCUT2D eigenvalue weighted by Crippen LogP contribution is -2.33. The van der Waals surface area contributed by atoms with Crippen LogP contribution in [0.1, 0.15) is 44.2 Å². The fourth-order valence-corrected chi connectivity index (χ4v) is 2.79. The molecule has 0 bridgehead atoms. The number of carbonyl (C=O) groups excluding carboxylic acids is 2. The summed E-state index contributed by atoms with van der Waals surface area (Å²) < 4.78 is 4.71. The maximum atomic E-state index is 12.6. The Morgan fingerprint density at radius 1 is 1.00 bits per heavy atom. The van der Waals surface area contributed by atoms with Crippen molar-refractivity contribution in [2.24, 2.45) is 0 Å². The van der Waals surface area contributed by atoms with Gasteiger partial charge >= 0.3 is 5.97 Å². The molecule has 0 saturated heterocycles. The molecule has 27 heavy (non-hydrogen) atoms. The molecule has 5 heteroatoms.